The van der Waals surface area contributed by atoms with Crippen LogP contribution >= 0.6 is 11.3 Å². The molecule has 3 heterocycles. The third-order valence-electron chi connectivity index (χ3n) is 3.49. The number of hydrogen-bond donors (Lipinski definition) is 0. The maximum Gasteiger partial charge on any atom is 0.294 e. The van der Waals surface area contributed by atoms with Crippen LogP contribution in [0.2, 0.25) is 0 Å². The van der Waals surface area contributed by atoms with Gasteiger partial charge in [-0.1, -0.05) is 18.2 Å². The molecule has 4 rings (SSSR count). The lowest BCUT2D eigenvalue weighted by atomic mass is 10.2. The number of methoxy groups -OCH3 is 1. The summed E-state index contributed by atoms with van der Waals surface area (Å²) in [6.07, 6.45) is 3.74. The average Bonchev–Trinajstić information content (AvgIpc) is 3.20. The smallest absolute Gasteiger partial charge is 0.294 e. The first-order valence-electron chi connectivity index (χ1n) is 6.77. The maximum absolute atomic E-state index is 5.12. The number of rotatable bonds is 3. The van der Waals surface area contributed by atoms with Crippen molar-refractivity contribution in [2.45, 2.75) is 6.92 Å². The molecule has 0 aliphatic heterocycles. The molecule has 0 saturated heterocycles. The largest absolute Gasteiger partial charge is 0.472 e. The zero-order valence-electron chi connectivity index (χ0n) is 12.1. The monoisotopic (exact) mass is 311 g/mol. The Bertz CT molecular complexity index is 906. The van der Waals surface area contributed by atoms with E-state index in [-0.39, 0.29) is 0 Å². The molecular formula is C15H13N5OS. The van der Waals surface area contributed by atoms with Gasteiger partial charge in [-0.15, -0.1) is 5.10 Å². The summed E-state index contributed by atoms with van der Waals surface area (Å²) in [6.45, 7) is 2.04. The van der Waals surface area contributed by atoms with Gasteiger partial charge in [0.2, 0.25) is 4.96 Å². The van der Waals surface area contributed by atoms with Crippen LogP contribution in [-0.2, 0) is 0 Å². The Kier molecular flexibility index (Phi) is 2.93. The van der Waals surface area contributed by atoms with Crippen LogP contribution in [0, 0.1) is 6.92 Å². The van der Waals surface area contributed by atoms with Crippen LogP contribution in [0.3, 0.4) is 0 Å². The molecule has 0 aliphatic carbocycles. The molecule has 0 N–H and O–H groups in total. The molecule has 0 unspecified atom stereocenters. The highest BCUT2D eigenvalue weighted by Gasteiger charge is 2.15. The first-order valence-corrected chi connectivity index (χ1v) is 7.58. The summed E-state index contributed by atoms with van der Waals surface area (Å²) in [7, 11) is 1.60. The van der Waals surface area contributed by atoms with Gasteiger partial charge in [-0.25, -0.2) is 14.2 Å². The van der Waals surface area contributed by atoms with Gasteiger partial charge >= 0.3 is 0 Å². The second kappa shape index (κ2) is 4.96. The second-order valence-electron chi connectivity index (χ2n) is 4.82. The molecule has 0 fully saturated rings. The summed E-state index contributed by atoms with van der Waals surface area (Å²) >= 11 is 1.41. The van der Waals surface area contributed by atoms with Crippen molar-refractivity contribution in [1.82, 2.24) is 24.4 Å². The fourth-order valence-electron chi connectivity index (χ4n) is 2.38. The molecule has 4 aromatic rings. The lowest BCUT2D eigenvalue weighted by Crippen LogP contribution is -1.98. The number of ether oxygens (including phenoxy) is 1. The van der Waals surface area contributed by atoms with E-state index >= 15 is 0 Å². The molecule has 7 heteroatoms. The summed E-state index contributed by atoms with van der Waals surface area (Å²) in [4.78, 5) is 5.41. The minimum absolute atomic E-state index is 0.603. The topological polar surface area (TPSA) is 57.2 Å². The van der Waals surface area contributed by atoms with Crippen LogP contribution < -0.4 is 4.74 Å². The van der Waals surface area contributed by atoms with Gasteiger partial charge in [0.1, 0.15) is 0 Å². The lowest BCUT2D eigenvalue weighted by molar-refractivity contribution is 0.405. The first-order chi connectivity index (χ1) is 10.8. The van der Waals surface area contributed by atoms with Crippen molar-refractivity contribution in [1.29, 1.82) is 0 Å². The molecule has 0 amide bonds. The van der Waals surface area contributed by atoms with Crippen molar-refractivity contribution in [3.8, 4) is 22.1 Å². The number of aromatic nitrogens is 5. The number of hydrogen-bond acceptors (Lipinski definition) is 5. The standard InChI is InChI=1S/C15H13N5OS/c1-10-12(8-16-20(10)11-6-4-3-5-7-11)13-9-19-14(17-13)22-15(18-19)21-2/h3-9H,1-2H3. The summed E-state index contributed by atoms with van der Waals surface area (Å²) in [5, 5.41) is 9.37. The van der Waals surface area contributed by atoms with Crippen molar-refractivity contribution in [3.05, 3.63) is 48.4 Å². The molecule has 3 aromatic heterocycles. The molecule has 0 atom stereocenters. The van der Waals surface area contributed by atoms with Gasteiger partial charge in [-0.2, -0.15) is 5.10 Å². The van der Waals surface area contributed by atoms with Gasteiger partial charge in [-0.3, -0.25) is 0 Å². The maximum atomic E-state index is 5.12. The highest BCUT2D eigenvalue weighted by atomic mass is 32.1. The molecule has 0 radical (unpaired) electrons. The summed E-state index contributed by atoms with van der Waals surface area (Å²) in [5.41, 5.74) is 3.94. The Hall–Kier alpha value is -2.67. The van der Waals surface area contributed by atoms with Gasteiger partial charge in [0.15, 0.2) is 0 Å². The van der Waals surface area contributed by atoms with Gasteiger partial charge in [-0.05, 0) is 30.4 Å². The number of para-hydroxylation sites is 1. The second-order valence-corrected chi connectivity index (χ2v) is 5.73. The van der Waals surface area contributed by atoms with Crippen molar-refractivity contribution in [3.63, 3.8) is 0 Å². The Balaban J connectivity index is 1.78. The first kappa shape index (κ1) is 13.0. The van der Waals surface area contributed by atoms with Crippen LogP contribution in [-0.4, -0.2) is 31.5 Å². The third-order valence-corrected chi connectivity index (χ3v) is 4.37. The van der Waals surface area contributed by atoms with Gasteiger partial charge in [0, 0.05) is 5.56 Å². The molecule has 0 bridgehead atoms. The quantitative estimate of drug-likeness (QED) is 0.584. The Morgan fingerprint density at radius 3 is 2.73 bits per heavy atom. The van der Waals surface area contributed by atoms with Gasteiger partial charge < -0.3 is 4.74 Å². The number of nitrogens with zero attached hydrogens (tertiary/aromatic N) is 5. The van der Waals surface area contributed by atoms with Crippen LogP contribution in [0.25, 0.3) is 21.9 Å². The van der Waals surface area contributed by atoms with Gasteiger partial charge in [0.05, 0.1) is 36.6 Å². The summed E-state index contributed by atoms with van der Waals surface area (Å²) in [6, 6.07) is 10.0. The highest BCUT2D eigenvalue weighted by Crippen LogP contribution is 2.28. The number of benzene rings is 1. The minimum atomic E-state index is 0.603. The van der Waals surface area contributed by atoms with E-state index in [0.717, 1.165) is 27.6 Å². The Morgan fingerprint density at radius 1 is 1.18 bits per heavy atom. The molecular weight excluding hydrogens is 298 g/mol. The minimum Gasteiger partial charge on any atom is -0.472 e. The molecule has 1 aromatic carbocycles. The van der Waals surface area contributed by atoms with E-state index in [1.807, 2.05) is 54.3 Å². The zero-order chi connectivity index (χ0) is 15.1. The predicted molar refractivity (Wildman–Crippen MR) is 84.7 cm³/mol. The zero-order valence-corrected chi connectivity index (χ0v) is 12.9. The van der Waals surface area contributed by atoms with Crippen molar-refractivity contribution in [2.24, 2.45) is 0 Å². The number of fused-ring (bicyclic) bond motifs is 1. The van der Waals surface area contributed by atoms with Crippen LogP contribution in [0.1, 0.15) is 5.69 Å². The van der Waals surface area contributed by atoms with Gasteiger partial charge in [0.25, 0.3) is 5.19 Å². The average molecular weight is 311 g/mol. The molecule has 22 heavy (non-hydrogen) atoms. The van der Waals surface area contributed by atoms with Crippen LogP contribution in [0.5, 0.6) is 5.19 Å². The van der Waals surface area contributed by atoms with E-state index in [1.54, 1.807) is 11.6 Å². The lowest BCUT2D eigenvalue weighted by Gasteiger charge is -2.04. The predicted octanol–water partition coefficient (Wildman–Crippen LogP) is 2.96. The molecule has 0 aliphatic rings. The van der Waals surface area contributed by atoms with E-state index in [1.165, 1.54) is 11.3 Å². The van der Waals surface area contributed by atoms with E-state index < -0.39 is 0 Å². The summed E-state index contributed by atoms with van der Waals surface area (Å²) in [5.74, 6) is 0. The normalized spacial score (nSPS) is 11.2. The van der Waals surface area contributed by atoms with E-state index in [4.69, 9.17) is 4.74 Å². The highest BCUT2D eigenvalue weighted by molar-refractivity contribution is 7.18. The Morgan fingerprint density at radius 2 is 2.00 bits per heavy atom. The van der Waals surface area contributed by atoms with Crippen molar-refractivity contribution in [2.75, 3.05) is 7.11 Å². The fourth-order valence-corrected chi connectivity index (χ4v) is 3.08. The number of imidazole rings is 1. The fraction of sp³-hybridized carbons (Fsp3) is 0.133. The summed E-state index contributed by atoms with van der Waals surface area (Å²) < 4.78 is 8.77. The Labute approximate surface area is 130 Å². The van der Waals surface area contributed by atoms with Crippen molar-refractivity contribution < 1.29 is 4.74 Å². The van der Waals surface area contributed by atoms with E-state index in [0.29, 0.717) is 5.19 Å². The third kappa shape index (κ3) is 1.98. The molecule has 110 valence electrons. The molecule has 0 saturated carbocycles. The van der Waals surface area contributed by atoms with Crippen LogP contribution in [0.4, 0.5) is 0 Å². The van der Waals surface area contributed by atoms with Crippen molar-refractivity contribution >= 4 is 16.3 Å². The van der Waals surface area contributed by atoms with E-state index in [9.17, 15) is 0 Å². The molecule has 0 spiro atoms. The van der Waals surface area contributed by atoms with E-state index in [2.05, 4.69) is 15.2 Å². The van der Waals surface area contributed by atoms with Crippen LogP contribution in [0.15, 0.2) is 42.7 Å². The molecule has 6 nitrogen and oxygen atoms in total. The SMILES string of the molecule is COc1nn2cc(-c3cnn(-c4ccccc4)c3C)nc2s1.